The predicted molar refractivity (Wildman–Crippen MR) is 79.4 cm³/mol. The van der Waals surface area contributed by atoms with Crippen molar-refractivity contribution in [2.45, 2.75) is 39.0 Å². The molecule has 0 aliphatic heterocycles. The van der Waals surface area contributed by atoms with Gasteiger partial charge in [0, 0.05) is 24.3 Å². The normalized spacial score (nSPS) is 18.1. The predicted octanol–water partition coefficient (Wildman–Crippen LogP) is 2.49. The first-order chi connectivity index (χ1) is 9.65. The van der Waals surface area contributed by atoms with Crippen LogP contribution in [0.2, 0.25) is 0 Å². The largest absolute Gasteiger partial charge is 0.384 e. The van der Waals surface area contributed by atoms with E-state index in [0.717, 1.165) is 37.0 Å². The Morgan fingerprint density at radius 1 is 1.25 bits per heavy atom. The van der Waals surface area contributed by atoms with Crippen molar-refractivity contribution in [3.8, 4) is 0 Å². The first kappa shape index (κ1) is 13.4. The second-order valence-corrected chi connectivity index (χ2v) is 6.22. The van der Waals surface area contributed by atoms with Crippen LogP contribution >= 0.6 is 0 Å². The van der Waals surface area contributed by atoms with E-state index < -0.39 is 0 Å². The number of nitrogens with two attached hydrogens (primary N) is 1. The molecule has 4 heteroatoms. The van der Waals surface area contributed by atoms with Crippen LogP contribution in [0.5, 0.6) is 0 Å². The summed E-state index contributed by atoms with van der Waals surface area (Å²) in [5.74, 6) is 2.03. The van der Waals surface area contributed by atoms with E-state index in [1.165, 1.54) is 25.7 Å². The molecule has 1 aromatic heterocycles. The number of anilines is 1. The third-order valence-electron chi connectivity index (χ3n) is 4.15. The highest BCUT2D eigenvalue weighted by atomic mass is 16.2. The number of hydrogen-bond donors (Lipinski definition) is 1. The molecule has 2 aliphatic carbocycles. The first-order valence-electron chi connectivity index (χ1n) is 7.71. The standard InChI is InChI=1S/C16H23N3O/c1-2-14-7-13(8-15(17)18-14)16(20)19(9-11-3-4-11)10-12-5-6-12/h7-8,11-12H,2-6,9-10H2,1H3,(H2,17,18). The van der Waals surface area contributed by atoms with Gasteiger partial charge in [0.05, 0.1) is 0 Å². The Hall–Kier alpha value is -1.58. The van der Waals surface area contributed by atoms with Crippen LogP contribution in [0.1, 0.15) is 48.7 Å². The minimum absolute atomic E-state index is 0.132. The van der Waals surface area contributed by atoms with Crippen molar-refractivity contribution < 1.29 is 4.79 Å². The van der Waals surface area contributed by atoms with E-state index >= 15 is 0 Å². The molecule has 1 heterocycles. The summed E-state index contributed by atoms with van der Waals surface area (Å²) in [5.41, 5.74) is 7.42. The van der Waals surface area contributed by atoms with Gasteiger partial charge < -0.3 is 10.6 Å². The number of pyridine rings is 1. The second-order valence-electron chi connectivity index (χ2n) is 6.22. The van der Waals surface area contributed by atoms with Gasteiger partial charge in [-0.15, -0.1) is 0 Å². The molecule has 20 heavy (non-hydrogen) atoms. The number of carbonyl (C=O) groups is 1. The number of rotatable bonds is 6. The Morgan fingerprint density at radius 2 is 1.85 bits per heavy atom. The maximum Gasteiger partial charge on any atom is 0.254 e. The molecule has 108 valence electrons. The van der Waals surface area contributed by atoms with E-state index in [-0.39, 0.29) is 5.91 Å². The second kappa shape index (κ2) is 5.43. The van der Waals surface area contributed by atoms with E-state index in [1.807, 2.05) is 17.9 Å². The Balaban J connectivity index is 1.77. The zero-order valence-corrected chi connectivity index (χ0v) is 12.1. The van der Waals surface area contributed by atoms with Gasteiger partial charge in [-0.25, -0.2) is 4.98 Å². The number of carbonyl (C=O) groups excluding carboxylic acids is 1. The maximum absolute atomic E-state index is 12.7. The molecule has 0 bridgehead atoms. The molecule has 1 amide bonds. The van der Waals surface area contributed by atoms with Crippen molar-refractivity contribution in [1.29, 1.82) is 0 Å². The lowest BCUT2D eigenvalue weighted by atomic mass is 10.1. The fraction of sp³-hybridized carbons (Fsp3) is 0.625. The molecule has 0 radical (unpaired) electrons. The molecule has 1 aromatic rings. The number of nitrogen functional groups attached to an aromatic ring is 1. The van der Waals surface area contributed by atoms with Gasteiger partial charge in [0.2, 0.25) is 0 Å². The Bertz CT molecular complexity index is 492. The summed E-state index contributed by atoms with van der Waals surface area (Å²) in [4.78, 5) is 19.0. The maximum atomic E-state index is 12.7. The highest BCUT2D eigenvalue weighted by molar-refractivity contribution is 5.95. The van der Waals surface area contributed by atoms with Crippen LogP contribution < -0.4 is 5.73 Å². The minimum atomic E-state index is 0.132. The van der Waals surface area contributed by atoms with Crippen molar-refractivity contribution in [1.82, 2.24) is 9.88 Å². The van der Waals surface area contributed by atoms with Crippen molar-refractivity contribution in [3.05, 3.63) is 23.4 Å². The summed E-state index contributed by atoms with van der Waals surface area (Å²) in [6, 6.07) is 3.61. The van der Waals surface area contributed by atoms with Gasteiger partial charge in [0.1, 0.15) is 5.82 Å². The Labute approximate surface area is 120 Å². The summed E-state index contributed by atoms with van der Waals surface area (Å²) < 4.78 is 0. The van der Waals surface area contributed by atoms with Crippen molar-refractivity contribution in [2.75, 3.05) is 18.8 Å². The quantitative estimate of drug-likeness (QED) is 0.866. The molecule has 0 saturated heterocycles. The molecule has 0 atom stereocenters. The molecule has 2 aliphatic rings. The van der Waals surface area contributed by atoms with Crippen LogP contribution in [0.15, 0.2) is 12.1 Å². The average Bonchev–Trinajstić information content (AvgIpc) is 3.31. The van der Waals surface area contributed by atoms with Crippen LogP contribution in [0.3, 0.4) is 0 Å². The summed E-state index contributed by atoms with van der Waals surface area (Å²) in [6.45, 7) is 3.86. The minimum Gasteiger partial charge on any atom is -0.384 e. The number of nitrogens with zero attached hydrogens (tertiary/aromatic N) is 2. The van der Waals surface area contributed by atoms with Gasteiger partial charge in [-0.1, -0.05) is 6.92 Å². The highest BCUT2D eigenvalue weighted by Gasteiger charge is 2.32. The summed E-state index contributed by atoms with van der Waals surface area (Å²) >= 11 is 0. The van der Waals surface area contributed by atoms with Crippen LogP contribution in [-0.4, -0.2) is 28.9 Å². The lowest BCUT2D eigenvalue weighted by Crippen LogP contribution is -2.34. The molecule has 0 unspecified atom stereocenters. The third kappa shape index (κ3) is 3.30. The number of aryl methyl sites for hydroxylation is 1. The van der Waals surface area contributed by atoms with Crippen LogP contribution in [0, 0.1) is 11.8 Å². The molecular formula is C16H23N3O. The molecule has 4 nitrogen and oxygen atoms in total. The summed E-state index contributed by atoms with van der Waals surface area (Å²) in [7, 11) is 0. The number of aromatic nitrogens is 1. The molecule has 2 fully saturated rings. The number of hydrogen-bond acceptors (Lipinski definition) is 3. The Kier molecular flexibility index (Phi) is 3.64. The molecule has 2 N–H and O–H groups in total. The van der Waals surface area contributed by atoms with Crippen molar-refractivity contribution in [3.63, 3.8) is 0 Å². The molecule has 0 spiro atoms. The molecule has 2 saturated carbocycles. The highest BCUT2D eigenvalue weighted by Crippen LogP contribution is 2.34. The average molecular weight is 273 g/mol. The van der Waals surface area contributed by atoms with Crippen LogP contribution in [0.4, 0.5) is 5.82 Å². The van der Waals surface area contributed by atoms with Gasteiger partial charge in [0.15, 0.2) is 0 Å². The lowest BCUT2D eigenvalue weighted by Gasteiger charge is -2.23. The molecule has 3 rings (SSSR count). The topological polar surface area (TPSA) is 59.2 Å². The smallest absolute Gasteiger partial charge is 0.254 e. The number of amides is 1. The van der Waals surface area contributed by atoms with Gasteiger partial charge in [-0.3, -0.25) is 4.79 Å². The van der Waals surface area contributed by atoms with Gasteiger partial charge in [0.25, 0.3) is 5.91 Å². The molecular weight excluding hydrogens is 250 g/mol. The van der Waals surface area contributed by atoms with Crippen LogP contribution in [0.25, 0.3) is 0 Å². The first-order valence-corrected chi connectivity index (χ1v) is 7.71. The van der Waals surface area contributed by atoms with E-state index in [4.69, 9.17) is 5.73 Å². The zero-order chi connectivity index (χ0) is 14.1. The third-order valence-corrected chi connectivity index (χ3v) is 4.15. The SMILES string of the molecule is CCc1cc(C(=O)N(CC2CC2)CC2CC2)cc(N)n1. The van der Waals surface area contributed by atoms with Gasteiger partial charge >= 0.3 is 0 Å². The van der Waals surface area contributed by atoms with Crippen molar-refractivity contribution in [2.24, 2.45) is 11.8 Å². The van der Waals surface area contributed by atoms with E-state index in [9.17, 15) is 4.79 Å². The lowest BCUT2D eigenvalue weighted by molar-refractivity contribution is 0.0739. The summed E-state index contributed by atoms with van der Waals surface area (Å²) in [6.07, 6.45) is 5.89. The van der Waals surface area contributed by atoms with Crippen LogP contribution in [-0.2, 0) is 6.42 Å². The fourth-order valence-corrected chi connectivity index (χ4v) is 2.56. The zero-order valence-electron chi connectivity index (χ0n) is 12.1. The van der Waals surface area contributed by atoms with E-state index in [0.29, 0.717) is 11.4 Å². The molecule has 0 aromatic carbocycles. The monoisotopic (exact) mass is 273 g/mol. The Morgan fingerprint density at radius 3 is 2.35 bits per heavy atom. The summed E-state index contributed by atoms with van der Waals surface area (Å²) in [5, 5.41) is 0. The fourth-order valence-electron chi connectivity index (χ4n) is 2.56. The van der Waals surface area contributed by atoms with Gasteiger partial charge in [-0.05, 0) is 56.1 Å². The van der Waals surface area contributed by atoms with E-state index in [1.54, 1.807) is 6.07 Å². The van der Waals surface area contributed by atoms with E-state index in [2.05, 4.69) is 4.98 Å². The van der Waals surface area contributed by atoms with Crippen molar-refractivity contribution >= 4 is 11.7 Å². The van der Waals surface area contributed by atoms with Gasteiger partial charge in [-0.2, -0.15) is 0 Å².